The number of hydrogen-bond donors (Lipinski definition) is 2. The monoisotopic (exact) mass is 127 g/mol. The van der Waals surface area contributed by atoms with Gasteiger partial charge in [0, 0.05) is 29.6 Å². The van der Waals surface area contributed by atoms with Crippen LogP contribution in [0.1, 0.15) is 6.42 Å². The Labute approximate surface area is 67.8 Å². The van der Waals surface area contributed by atoms with Crippen molar-refractivity contribution < 1.29 is 19.8 Å². The van der Waals surface area contributed by atoms with Gasteiger partial charge in [-0.2, -0.15) is 0 Å². The summed E-state index contributed by atoms with van der Waals surface area (Å²) >= 11 is 0. The van der Waals surface area contributed by atoms with E-state index in [0.717, 1.165) is 0 Å². The molecule has 0 aromatic carbocycles. The van der Waals surface area contributed by atoms with Crippen molar-refractivity contribution in [3.05, 3.63) is 0 Å². The molecule has 0 aliphatic carbocycles. The molecule has 8 heavy (non-hydrogen) atoms. The average Bonchev–Trinajstić information content (AvgIpc) is 1.27. The number of carbonyl (C=O) groups is 2. The van der Waals surface area contributed by atoms with E-state index in [1.165, 1.54) is 0 Å². The van der Waals surface area contributed by atoms with Crippen molar-refractivity contribution in [3.63, 3.8) is 0 Å². The minimum atomic E-state index is -1.31. The van der Waals surface area contributed by atoms with Gasteiger partial charge in [0.1, 0.15) is 6.42 Å². The third-order valence-electron chi connectivity index (χ3n) is 0.302. The van der Waals surface area contributed by atoms with Gasteiger partial charge in [-0.25, -0.2) is 0 Å². The third-order valence-corrected chi connectivity index (χ3v) is 0.302. The third kappa shape index (κ3) is 9.34. The minimum absolute atomic E-state index is 0. The Bertz CT molecular complexity index is 87.5. The second-order valence-electron chi connectivity index (χ2n) is 0.964. The van der Waals surface area contributed by atoms with Crippen LogP contribution in [0.5, 0.6) is 0 Å². The summed E-state index contributed by atoms with van der Waals surface area (Å²) in [5.74, 6) is -2.62. The van der Waals surface area contributed by atoms with Crippen LogP contribution in [0.2, 0.25) is 0 Å². The SMILES string of the molecule is O=C(O)CC(=O)O.[Na]. The Morgan fingerprint density at radius 2 is 1.38 bits per heavy atom. The smallest absolute Gasteiger partial charge is 0.314 e. The second kappa shape index (κ2) is 5.08. The standard InChI is InChI=1S/C3H4O4.Na/c4-2(5)1-3(6)7;/h1H2,(H,4,5)(H,6,7);. The Balaban J connectivity index is 0. The molecule has 41 valence electrons. The molecule has 0 aliphatic rings. The molecule has 0 heterocycles. The van der Waals surface area contributed by atoms with Gasteiger partial charge in [0.25, 0.3) is 0 Å². The predicted molar refractivity (Wildman–Crippen MR) is 25.6 cm³/mol. The van der Waals surface area contributed by atoms with E-state index in [0.29, 0.717) is 0 Å². The summed E-state index contributed by atoms with van der Waals surface area (Å²) in [4.78, 5) is 18.9. The van der Waals surface area contributed by atoms with Gasteiger partial charge in [-0.05, 0) is 0 Å². The predicted octanol–water partition coefficient (Wildman–Crippen LogP) is -0.835. The normalized spacial score (nSPS) is 7.00. The van der Waals surface area contributed by atoms with E-state index < -0.39 is 18.4 Å². The molecule has 0 spiro atoms. The van der Waals surface area contributed by atoms with E-state index in [1.807, 2.05) is 0 Å². The van der Waals surface area contributed by atoms with Crippen LogP contribution in [0.3, 0.4) is 0 Å². The number of rotatable bonds is 2. The molecule has 0 fully saturated rings. The number of carboxylic acids is 2. The summed E-state index contributed by atoms with van der Waals surface area (Å²) in [6.07, 6.45) is -0.806. The fourth-order valence-electron chi connectivity index (χ4n) is 0.129. The van der Waals surface area contributed by atoms with E-state index >= 15 is 0 Å². The molecule has 0 saturated carbocycles. The van der Waals surface area contributed by atoms with Crippen molar-refractivity contribution in [1.82, 2.24) is 0 Å². The van der Waals surface area contributed by atoms with Crippen molar-refractivity contribution in [1.29, 1.82) is 0 Å². The molecule has 0 rings (SSSR count). The van der Waals surface area contributed by atoms with Gasteiger partial charge >= 0.3 is 11.9 Å². The fraction of sp³-hybridized carbons (Fsp3) is 0.333. The summed E-state index contributed by atoms with van der Waals surface area (Å²) < 4.78 is 0. The largest absolute Gasteiger partial charge is 0.481 e. The molecular formula is C3H4NaO4. The van der Waals surface area contributed by atoms with Crippen LogP contribution in [0.25, 0.3) is 0 Å². The first kappa shape index (κ1) is 10.8. The number of aliphatic carboxylic acids is 2. The molecular weight excluding hydrogens is 123 g/mol. The zero-order valence-electron chi connectivity index (χ0n) is 4.42. The zero-order chi connectivity index (χ0) is 5.86. The molecule has 0 saturated heterocycles. The molecule has 2 N–H and O–H groups in total. The van der Waals surface area contributed by atoms with Gasteiger partial charge in [0.2, 0.25) is 0 Å². The number of carboxylic acid groups (broad SMARTS) is 2. The van der Waals surface area contributed by atoms with Crippen molar-refractivity contribution in [2.75, 3.05) is 0 Å². The van der Waals surface area contributed by atoms with Crippen LogP contribution < -0.4 is 0 Å². The first-order valence-electron chi connectivity index (χ1n) is 1.56. The molecule has 0 amide bonds. The molecule has 0 bridgehead atoms. The molecule has 0 aromatic rings. The van der Waals surface area contributed by atoms with E-state index in [-0.39, 0.29) is 29.6 Å². The fourth-order valence-corrected chi connectivity index (χ4v) is 0.129. The van der Waals surface area contributed by atoms with E-state index in [9.17, 15) is 9.59 Å². The van der Waals surface area contributed by atoms with Gasteiger partial charge in [-0.3, -0.25) is 9.59 Å². The van der Waals surface area contributed by atoms with Gasteiger partial charge < -0.3 is 10.2 Å². The van der Waals surface area contributed by atoms with Crippen molar-refractivity contribution >= 4 is 41.5 Å². The quantitative estimate of drug-likeness (QED) is 0.375. The maximum atomic E-state index is 9.43. The molecule has 5 heteroatoms. The summed E-state index contributed by atoms with van der Waals surface area (Å²) in [7, 11) is 0. The Morgan fingerprint density at radius 1 is 1.12 bits per heavy atom. The first-order valence-corrected chi connectivity index (χ1v) is 1.56. The minimum Gasteiger partial charge on any atom is -0.481 e. The molecule has 0 unspecified atom stereocenters. The second-order valence-corrected chi connectivity index (χ2v) is 0.964. The van der Waals surface area contributed by atoms with Crippen molar-refractivity contribution in [3.8, 4) is 0 Å². The molecule has 0 atom stereocenters. The first-order chi connectivity index (χ1) is 3.13. The maximum Gasteiger partial charge on any atom is 0.314 e. The molecule has 1 radical (unpaired) electrons. The summed E-state index contributed by atoms with van der Waals surface area (Å²) in [6.45, 7) is 0. The van der Waals surface area contributed by atoms with E-state index in [1.54, 1.807) is 0 Å². The Morgan fingerprint density at radius 3 is 1.38 bits per heavy atom. The summed E-state index contributed by atoms with van der Waals surface area (Å²) in [6, 6.07) is 0. The van der Waals surface area contributed by atoms with Crippen LogP contribution in [0.4, 0.5) is 0 Å². The van der Waals surface area contributed by atoms with Gasteiger partial charge in [0.05, 0.1) is 0 Å². The topological polar surface area (TPSA) is 74.6 Å². The van der Waals surface area contributed by atoms with Gasteiger partial charge in [0.15, 0.2) is 0 Å². The Hall–Kier alpha value is -0.0600. The van der Waals surface area contributed by atoms with Crippen molar-refractivity contribution in [2.24, 2.45) is 0 Å². The van der Waals surface area contributed by atoms with Crippen LogP contribution in [0.15, 0.2) is 0 Å². The van der Waals surface area contributed by atoms with E-state index in [4.69, 9.17) is 10.2 Å². The van der Waals surface area contributed by atoms with E-state index in [2.05, 4.69) is 0 Å². The van der Waals surface area contributed by atoms with Crippen LogP contribution >= 0.6 is 0 Å². The zero-order valence-corrected chi connectivity index (χ0v) is 6.42. The van der Waals surface area contributed by atoms with Crippen LogP contribution in [-0.4, -0.2) is 51.7 Å². The maximum absolute atomic E-state index is 9.43. The van der Waals surface area contributed by atoms with Crippen molar-refractivity contribution in [2.45, 2.75) is 6.42 Å². The summed E-state index contributed by atoms with van der Waals surface area (Å²) in [5.41, 5.74) is 0. The molecule has 0 aromatic heterocycles. The molecule has 4 nitrogen and oxygen atoms in total. The summed E-state index contributed by atoms with van der Waals surface area (Å²) in [5, 5.41) is 15.4. The van der Waals surface area contributed by atoms with Gasteiger partial charge in [-0.1, -0.05) is 0 Å². The molecule has 0 aliphatic heterocycles. The Kier molecular flexibility index (Phi) is 6.89. The number of hydrogen-bond acceptors (Lipinski definition) is 2. The van der Waals surface area contributed by atoms with Crippen LogP contribution in [-0.2, 0) is 9.59 Å². The average molecular weight is 127 g/mol. The van der Waals surface area contributed by atoms with Gasteiger partial charge in [-0.15, -0.1) is 0 Å². The van der Waals surface area contributed by atoms with Crippen LogP contribution in [0, 0.1) is 0 Å².